The fourth-order valence-electron chi connectivity index (χ4n) is 5.57. The zero-order valence-electron chi connectivity index (χ0n) is 19.7. The quantitative estimate of drug-likeness (QED) is 0.622. The first-order valence-corrected chi connectivity index (χ1v) is 12.4. The van der Waals surface area contributed by atoms with Gasteiger partial charge in [-0.05, 0) is 61.1 Å². The Morgan fingerprint density at radius 3 is 2.49 bits per heavy atom. The van der Waals surface area contributed by atoms with Crippen LogP contribution in [0.15, 0.2) is 66.9 Å². The molecule has 7 nitrogen and oxygen atoms in total. The van der Waals surface area contributed by atoms with Crippen molar-refractivity contribution >= 4 is 29.1 Å². The Hall–Kier alpha value is -3.87. The summed E-state index contributed by atoms with van der Waals surface area (Å²) < 4.78 is 0. The molecule has 7 heteroatoms. The van der Waals surface area contributed by atoms with Gasteiger partial charge in [0.05, 0.1) is 0 Å². The summed E-state index contributed by atoms with van der Waals surface area (Å²) in [5.41, 5.74) is 5.00. The summed E-state index contributed by atoms with van der Waals surface area (Å²) in [6.45, 7) is 3.05. The van der Waals surface area contributed by atoms with Crippen molar-refractivity contribution in [3.8, 4) is 0 Å². The second kappa shape index (κ2) is 9.06. The molecule has 1 aromatic heterocycles. The summed E-state index contributed by atoms with van der Waals surface area (Å²) in [5, 5.41) is 3.09. The molecule has 1 saturated heterocycles. The molecule has 4 heterocycles. The van der Waals surface area contributed by atoms with E-state index in [2.05, 4.69) is 27.3 Å². The van der Waals surface area contributed by atoms with Gasteiger partial charge in [0.15, 0.2) is 0 Å². The van der Waals surface area contributed by atoms with Crippen molar-refractivity contribution in [2.75, 3.05) is 41.3 Å². The van der Waals surface area contributed by atoms with E-state index < -0.39 is 0 Å². The van der Waals surface area contributed by atoms with Gasteiger partial charge >= 0.3 is 6.03 Å². The van der Waals surface area contributed by atoms with Crippen LogP contribution >= 0.6 is 0 Å². The van der Waals surface area contributed by atoms with E-state index in [1.807, 2.05) is 52.3 Å². The molecule has 0 spiro atoms. The van der Waals surface area contributed by atoms with Crippen LogP contribution in [0, 0.1) is 0 Å². The Bertz CT molecular complexity index is 1270. The van der Waals surface area contributed by atoms with Gasteiger partial charge < -0.3 is 20.0 Å². The molecule has 6 rings (SSSR count). The number of hydrogen-bond donors (Lipinski definition) is 1. The van der Waals surface area contributed by atoms with Crippen molar-refractivity contribution < 1.29 is 9.59 Å². The van der Waals surface area contributed by atoms with Gasteiger partial charge in [-0.1, -0.05) is 36.4 Å². The number of nitrogens with one attached hydrogen (secondary N) is 1. The molecule has 0 atom stereocenters. The number of amides is 3. The van der Waals surface area contributed by atoms with E-state index in [9.17, 15) is 9.59 Å². The van der Waals surface area contributed by atoms with Crippen molar-refractivity contribution in [2.24, 2.45) is 0 Å². The molecule has 0 bridgehead atoms. The van der Waals surface area contributed by atoms with E-state index in [1.54, 1.807) is 12.3 Å². The predicted molar refractivity (Wildman–Crippen MR) is 137 cm³/mol. The second-order valence-corrected chi connectivity index (χ2v) is 9.49. The molecule has 35 heavy (non-hydrogen) atoms. The minimum absolute atomic E-state index is 0.00925. The van der Waals surface area contributed by atoms with Gasteiger partial charge in [-0.15, -0.1) is 0 Å². The molecule has 1 N–H and O–H groups in total. The van der Waals surface area contributed by atoms with E-state index in [1.165, 1.54) is 11.1 Å². The zero-order valence-corrected chi connectivity index (χ0v) is 19.7. The number of carbonyl (C=O) groups excluding carboxylic acids is 2. The summed E-state index contributed by atoms with van der Waals surface area (Å²) in [6.07, 6.45) is 5.24. The number of nitrogens with zero attached hydrogens (tertiary/aromatic N) is 4. The summed E-state index contributed by atoms with van der Waals surface area (Å²) in [5.74, 6) is 0.851. The highest BCUT2D eigenvalue weighted by atomic mass is 16.2. The average molecular weight is 468 g/mol. The third-order valence-electron chi connectivity index (χ3n) is 7.50. The number of piperidine rings is 1. The van der Waals surface area contributed by atoms with Gasteiger partial charge in [-0.3, -0.25) is 4.79 Å². The standard InChI is InChI=1S/C28H29N5O2/c34-27(33-18-11-21-6-2-4-8-25(21)33)22-9-14-29-26(19-22)31-15-12-23(13-16-31)32-17-10-20-5-1-3-7-24(20)30-28(32)35/h1-9,14,19,23H,10-13,15-18H2,(H,30,35). The highest BCUT2D eigenvalue weighted by Gasteiger charge is 2.31. The van der Waals surface area contributed by atoms with Crippen molar-refractivity contribution in [1.29, 1.82) is 0 Å². The fraction of sp³-hybridized carbons (Fsp3) is 0.321. The number of aromatic nitrogens is 1. The first-order valence-electron chi connectivity index (χ1n) is 12.4. The Morgan fingerprint density at radius 1 is 0.886 bits per heavy atom. The zero-order chi connectivity index (χ0) is 23.8. The molecule has 3 aliphatic heterocycles. The number of carbonyl (C=O) groups is 2. The van der Waals surface area contributed by atoms with Crippen LogP contribution in [-0.4, -0.2) is 54.0 Å². The van der Waals surface area contributed by atoms with Crippen molar-refractivity contribution in [1.82, 2.24) is 9.88 Å². The van der Waals surface area contributed by atoms with Crippen LogP contribution in [0.5, 0.6) is 0 Å². The minimum Gasteiger partial charge on any atom is -0.356 e. The van der Waals surface area contributed by atoms with Gasteiger partial charge in [0.25, 0.3) is 5.91 Å². The van der Waals surface area contributed by atoms with Gasteiger partial charge in [0.1, 0.15) is 5.82 Å². The number of hydrogen-bond acceptors (Lipinski definition) is 4. The van der Waals surface area contributed by atoms with Crippen molar-refractivity contribution in [3.63, 3.8) is 0 Å². The molecule has 0 aliphatic carbocycles. The summed E-state index contributed by atoms with van der Waals surface area (Å²) >= 11 is 0. The van der Waals surface area contributed by atoms with E-state index in [0.717, 1.165) is 62.5 Å². The topological polar surface area (TPSA) is 68.8 Å². The van der Waals surface area contributed by atoms with Crippen LogP contribution in [0.3, 0.4) is 0 Å². The minimum atomic E-state index is -0.00925. The van der Waals surface area contributed by atoms with Crippen LogP contribution < -0.4 is 15.1 Å². The van der Waals surface area contributed by atoms with Crippen LogP contribution in [0.2, 0.25) is 0 Å². The fourth-order valence-corrected chi connectivity index (χ4v) is 5.57. The lowest BCUT2D eigenvalue weighted by molar-refractivity contribution is 0.0989. The van der Waals surface area contributed by atoms with E-state index >= 15 is 0 Å². The van der Waals surface area contributed by atoms with Gasteiger partial charge in [0, 0.05) is 55.4 Å². The van der Waals surface area contributed by atoms with Gasteiger partial charge in [-0.2, -0.15) is 0 Å². The highest BCUT2D eigenvalue weighted by molar-refractivity contribution is 6.07. The molecule has 2 aromatic carbocycles. The van der Waals surface area contributed by atoms with Crippen molar-refractivity contribution in [2.45, 2.75) is 31.7 Å². The number of fused-ring (bicyclic) bond motifs is 2. The Morgan fingerprint density at radius 2 is 1.63 bits per heavy atom. The number of rotatable bonds is 3. The number of urea groups is 1. The van der Waals surface area contributed by atoms with Gasteiger partial charge in [0.2, 0.25) is 0 Å². The lowest BCUT2D eigenvalue weighted by Gasteiger charge is -2.38. The summed E-state index contributed by atoms with van der Waals surface area (Å²) in [7, 11) is 0. The first kappa shape index (κ1) is 21.6. The number of benzene rings is 2. The van der Waals surface area contributed by atoms with Crippen LogP contribution in [-0.2, 0) is 12.8 Å². The Labute approximate surface area is 205 Å². The SMILES string of the molecule is O=C(c1ccnc(N2CCC(N3CCc4ccccc4NC3=O)CC2)c1)N1CCc2ccccc21. The molecule has 3 amide bonds. The molecule has 1 fully saturated rings. The third-order valence-corrected chi connectivity index (χ3v) is 7.50. The maximum atomic E-state index is 13.3. The predicted octanol–water partition coefficient (Wildman–Crippen LogP) is 4.34. The summed E-state index contributed by atoms with van der Waals surface area (Å²) in [4.78, 5) is 36.9. The average Bonchev–Trinajstić information content (AvgIpc) is 3.26. The lowest BCUT2D eigenvalue weighted by Crippen LogP contribution is -2.49. The lowest BCUT2D eigenvalue weighted by atomic mass is 10.0. The molecule has 0 unspecified atom stereocenters. The molecule has 3 aliphatic rings. The van der Waals surface area contributed by atoms with Crippen LogP contribution in [0.25, 0.3) is 0 Å². The molecule has 3 aromatic rings. The second-order valence-electron chi connectivity index (χ2n) is 9.49. The summed E-state index contributed by atoms with van der Waals surface area (Å²) in [6, 6.07) is 20.1. The Balaban J connectivity index is 1.12. The number of para-hydroxylation sites is 2. The van der Waals surface area contributed by atoms with E-state index in [4.69, 9.17) is 0 Å². The first-order chi connectivity index (χ1) is 17.2. The third kappa shape index (κ3) is 4.11. The van der Waals surface area contributed by atoms with E-state index in [0.29, 0.717) is 12.1 Å². The Kier molecular flexibility index (Phi) is 5.60. The molecule has 178 valence electrons. The van der Waals surface area contributed by atoms with Gasteiger partial charge in [-0.25, -0.2) is 9.78 Å². The molecule has 0 radical (unpaired) electrons. The smallest absolute Gasteiger partial charge is 0.322 e. The maximum absolute atomic E-state index is 13.3. The van der Waals surface area contributed by atoms with E-state index in [-0.39, 0.29) is 18.0 Å². The molecular formula is C28H29N5O2. The normalized spacial score (nSPS) is 18.1. The van der Waals surface area contributed by atoms with Crippen LogP contribution in [0.1, 0.15) is 34.3 Å². The largest absolute Gasteiger partial charge is 0.356 e. The molecule has 0 saturated carbocycles. The van der Waals surface area contributed by atoms with Crippen LogP contribution in [0.4, 0.5) is 22.0 Å². The molecular weight excluding hydrogens is 438 g/mol. The number of pyridine rings is 1. The monoisotopic (exact) mass is 467 g/mol. The number of anilines is 3. The highest BCUT2D eigenvalue weighted by Crippen LogP contribution is 2.30. The maximum Gasteiger partial charge on any atom is 0.322 e. The van der Waals surface area contributed by atoms with Crippen molar-refractivity contribution in [3.05, 3.63) is 83.6 Å².